The molecule has 0 fully saturated rings. The van der Waals surface area contributed by atoms with E-state index in [2.05, 4.69) is 9.97 Å². The third-order valence-electron chi connectivity index (χ3n) is 1.57. The van der Waals surface area contributed by atoms with E-state index in [1.54, 1.807) is 12.4 Å². The van der Waals surface area contributed by atoms with Gasteiger partial charge in [0.05, 0.1) is 0 Å². The minimum atomic E-state index is 0.445. The molecule has 54 valence electrons. The van der Waals surface area contributed by atoms with E-state index < -0.39 is 0 Å². The molecule has 3 nitrogen and oxygen atoms in total. The number of fused-ring (bicyclic) bond motifs is 1. The Kier molecular flexibility index (Phi) is 1.36. The van der Waals surface area contributed by atoms with Crippen LogP contribution in [0.4, 0.5) is 0 Å². The van der Waals surface area contributed by atoms with Crippen LogP contribution in [0.3, 0.4) is 0 Å². The van der Waals surface area contributed by atoms with Gasteiger partial charge in [0.15, 0.2) is 18.6 Å². The van der Waals surface area contributed by atoms with Crippen molar-refractivity contribution in [3.63, 3.8) is 0 Å². The molecule has 0 saturated heterocycles. The van der Waals surface area contributed by atoms with Gasteiger partial charge in [-0.15, -0.1) is 0 Å². The lowest BCUT2D eigenvalue weighted by Crippen LogP contribution is -2.08. The van der Waals surface area contributed by atoms with Crippen molar-refractivity contribution in [1.29, 1.82) is 0 Å². The summed E-state index contributed by atoms with van der Waals surface area (Å²) in [6.07, 6.45) is 5.26. The van der Waals surface area contributed by atoms with Crippen molar-refractivity contribution in [2.75, 3.05) is 0 Å². The Labute approximate surface area is 69.4 Å². The molecule has 0 radical (unpaired) electrons. The lowest BCUT2D eigenvalue weighted by atomic mass is 10.1. The number of hydrogen-bond donors (Lipinski definition) is 0. The lowest BCUT2D eigenvalue weighted by molar-refractivity contribution is 1.15. The summed E-state index contributed by atoms with van der Waals surface area (Å²) in [4.78, 5) is 7.99. The van der Waals surface area contributed by atoms with Crippen LogP contribution in [0, 0.1) is 0 Å². The fraction of sp³-hybridized carbons (Fsp3) is 0. The van der Waals surface area contributed by atoms with E-state index in [1.807, 2.05) is 18.4 Å². The summed E-state index contributed by atoms with van der Waals surface area (Å²) < 4.78 is 1.90. The van der Waals surface area contributed by atoms with Crippen molar-refractivity contribution in [1.82, 2.24) is 14.4 Å². The summed E-state index contributed by atoms with van der Waals surface area (Å²) in [5.74, 6) is 0. The normalized spacial score (nSPS) is 10.6. The van der Waals surface area contributed by atoms with E-state index in [4.69, 9.17) is 11.6 Å². The van der Waals surface area contributed by atoms with Crippen LogP contribution >= 0.6 is 11.6 Å². The van der Waals surface area contributed by atoms with E-state index in [0.717, 1.165) is 5.59 Å². The number of aromatic nitrogens is 3. The summed E-state index contributed by atoms with van der Waals surface area (Å²) in [5, 5.41) is 0.445. The third kappa shape index (κ3) is 0.904. The van der Waals surface area contributed by atoms with Gasteiger partial charge in [-0.05, 0) is 5.59 Å². The van der Waals surface area contributed by atoms with Gasteiger partial charge in [0.25, 0.3) is 0 Å². The van der Waals surface area contributed by atoms with Crippen molar-refractivity contribution in [2.45, 2.75) is 0 Å². The Hall–Kier alpha value is -1.03. The second-order valence-electron chi connectivity index (χ2n) is 2.31. The maximum Gasteiger partial charge on any atom is 0.174 e. The number of nitrogens with zero attached hydrogens (tertiary/aromatic N) is 3. The highest BCUT2D eigenvalue weighted by Crippen LogP contribution is 2.08. The van der Waals surface area contributed by atoms with Gasteiger partial charge in [-0.2, -0.15) is 0 Å². The van der Waals surface area contributed by atoms with Crippen LogP contribution in [0.1, 0.15) is 0 Å². The molecule has 0 bridgehead atoms. The molecule has 0 N–H and O–H groups in total. The smallest absolute Gasteiger partial charge is 0.174 e. The first-order valence-electron chi connectivity index (χ1n) is 3.23. The first-order valence-corrected chi connectivity index (χ1v) is 3.61. The zero-order chi connectivity index (χ0) is 7.84. The molecule has 5 heteroatoms. The van der Waals surface area contributed by atoms with Crippen molar-refractivity contribution in [3.05, 3.63) is 23.7 Å². The largest absolute Gasteiger partial charge is 0.310 e. The van der Waals surface area contributed by atoms with E-state index in [-0.39, 0.29) is 0 Å². The number of hydrogen-bond acceptors (Lipinski definition) is 2. The SMILES string of the molecule is Bc1cnc2c(Cl)nccn12. The van der Waals surface area contributed by atoms with Gasteiger partial charge in [-0.1, -0.05) is 11.6 Å². The summed E-state index contributed by atoms with van der Waals surface area (Å²) in [7, 11) is 1.97. The average Bonchev–Trinajstić information content (AvgIpc) is 2.35. The topological polar surface area (TPSA) is 30.2 Å². The standard InChI is InChI=1S/C6H5BClN3/c7-4-3-10-6-5(8)9-1-2-11(4)6/h1-3H,7H2. The second-order valence-corrected chi connectivity index (χ2v) is 2.67. The minimum absolute atomic E-state index is 0.445. The monoisotopic (exact) mass is 165 g/mol. The predicted molar refractivity (Wildman–Crippen MR) is 46.2 cm³/mol. The van der Waals surface area contributed by atoms with Crippen LogP contribution in [-0.2, 0) is 0 Å². The molecule has 2 aromatic rings. The number of imidazole rings is 1. The zero-order valence-corrected chi connectivity index (χ0v) is 6.71. The molecule has 0 saturated carbocycles. The maximum absolute atomic E-state index is 5.78. The molecular formula is C6H5BClN3. The molecule has 0 aliphatic carbocycles. The molecule has 0 unspecified atom stereocenters. The van der Waals surface area contributed by atoms with E-state index in [9.17, 15) is 0 Å². The fourth-order valence-electron chi connectivity index (χ4n) is 1.01. The average molecular weight is 165 g/mol. The van der Waals surface area contributed by atoms with Crippen molar-refractivity contribution in [2.24, 2.45) is 0 Å². The summed E-state index contributed by atoms with van der Waals surface area (Å²) >= 11 is 5.78. The molecule has 2 heterocycles. The Balaban J connectivity index is 2.94. The molecule has 0 aliphatic heterocycles. The van der Waals surface area contributed by atoms with Crippen LogP contribution in [0.5, 0.6) is 0 Å². The van der Waals surface area contributed by atoms with Gasteiger partial charge >= 0.3 is 0 Å². The molecule has 0 spiro atoms. The van der Waals surface area contributed by atoms with Crippen molar-refractivity contribution >= 4 is 30.7 Å². The second kappa shape index (κ2) is 2.24. The molecule has 11 heavy (non-hydrogen) atoms. The van der Waals surface area contributed by atoms with Gasteiger partial charge in [0.1, 0.15) is 0 Å². The Morgan fingerprint density at radius 1 is 1.45 bits per heavy atom. The molecule has 0 aromatic carbocycles. The lowest BCUT2D eigenvalue weighted by Gasteiger charge is -1.94. The molecule has 0 amide bonds. The third-order valence-corrected chi connectivity index (χ3v) is 1.84. The van der Waals surface area contributed by atoms with E-state index in [1.165, 1.54) is 0 Å². The number of rotatable bonds is 0. The highest BCUT2D eigenvalue weighted by Gasteiger charge is 2.01. The minimum Gasteiger partial charge on any atom is -0.310 e. The van der Waals surface area contributed by atoms with Gasteiger partial charge < -0.3 is 4.40 Å². The Bertz CT molecular complexity index is 398. The summed E-state index contributed by atoms with van der Waals surface area (Å²) in [5.41, 5.74) is 1.77. The molecule has 0 aliphatic rings. The first-order chi connectivity index (χ1) is 5.29. The Morgan fingerprint density at radius 2 is 2.27 bits per heavy atom. The van der Waals surface area contributed by atoms with Crippen molar-refractivity contribution < 1.29 is 0 Å². The predicted octanol–water partition coefficient (Wildman–Crippen LogP) is -0.359. The molecular weight excluding hydrogens is 160 g/mol. The number of halogens is 1. The summed E-state index contributed by atoms with van der Waals surface area (Å²) in [6, 6.07) is 0. The van der Waals surface area contributed by atoms with Crippen LogP contribution in [0.15, 0.2) is 18.6 Å². The first kappa shape index (κ1) is 6.67. The van der Waals surface area contributed by atoms with Gasteiger partial charge in [0, 0.05) is 18.6 Å². The fourth-order valence-corrected chi connectivity index (χ4v) is 1.21. The van der Waals surface area contributed by atoms with E-state index in [0.29, 0.717) is 10.8 Å². The molecule has 2 aromatic heterocycles. The van der Waals surface area contributed by atoms with Gasteiger partial charge in [0.2, 0.25) is 0 Å². The van der Waals surface area contributed by atoms with Gasteiger partial charge in [-0.3, -0.25) is 0 Å². The van der Waals surface area contributed by atoms with Crippen LogP contribution < -0.4 is 5.59 Å². The molecule has 0 atom stereocenters. The summed E-state index contributed by atoms with van der Waals surface area (Å²) in [6.45, 7) is 0. The Morgan fingerprint density at radius 3 is 3.00 bits per heavy atom. The van der Waals surface area contributed by atoms with Crippen molar-refractivity contribution in [3.8, 4) is 0 Å². The zero-order valence-electron chi connectivity index (χ0n) is 5.95. The molecule has 2 rings (SSSR count). The maximum atomic E-state index is 5.78. The van der Waals surface area contributed by atoms with Crippen LogP contribution in [-0.4, -0.2) is 22.2 Å². The van der Waals surface area contributed by atoms with Crippen LogP contribution in [0.2, 0.25) is 5.15 Å². The van der Waals surface area contributed by atoms with E-state index >= 15 is 0 Å². The van der Waals surface area contributed by atoms with Crippen LogP contribution in [0.25, 0.3) is 5.65 Å². The quantitative estimate of drug-likeness (QED) is 0.499. The highest BCUT2D eigenvalue weighted by molar-refractivity contribution is 6.34. The van der Waals surface area contributed by atoms with Gasteiger partial charge in [-0.25, -0.2) is 9.97 Å². The highest BCUT2D eigenvalue weighted by atomic mass is 35.5.